The first-order valence-electron chi connectivity index (χ1n) is 18.8. The lowest BCUT2D eigenvalue weighted by Crippen LogP contribution is -2.00. The fraction of sp³-hybridized carbons (Fsp3) is 0. The molecule has 5 heteroatoms. The van der Waals surface area contributed by atoms with Gasteiger partial charge in [0.1, 0.15) is 11.2 Å². The Morgan fingerprint density at radius 2 is 0.893 bits per heavy atom. The fourth-order valence-corrected chi connectivity index (χ4v) is 8.00. The van der Waals surface area contributed by atoms with Gasteiger partial charge in [0, 0.05) is 43.9 Å². The average molecular weight is 717 g/mol. The second-order valence-electron chi connectivity index (χ2n) is 14.0. The Bertz CT molecular complexity index is 3240. The highest BCUT2D eigenvalue weighted by Gasteiger charge is 2.20. The Labute approximate surface area is 322 Å². The lowest BCUT2D eigenvalue weighted by molar-refractivity contribution is 0.669. The molecule has 11 aromatic rings. The van der Waals surface area contributed by atoms with Crippen LogP contribution in [0.2, 0.25) is 0 Å². The van der Waals surface area contributed by atoms with Crippen molar-refractivity contribution in [2.45, 2.75) is 0 Å². The molecule has 0 aliphatic rings. The van der Waals surface area contributed by atoms with Gasteiger partial charge in [-0.1, -0.05) is 140 Å². The van der Waals surface area contributed by atoms with Crippen LogP contribution in [0.3, 0.4) is 0 Å². The molecular weight excluding hydrogens is 685 g/mol. The van der Waals surface area contributed by atoms with Crippen LogP contribution < -0.4 is 0 Å². The molecule has 3 heterocycles. The minimum Gasteiger partial charge on any atom is -0.456 e. The normalized spacial score (nSPS) is 11.6. The highest BCUT2D eigenvalue weighted by Crippen LogP contribution is 2.39. The molecule has 0 fully saturated rings. The van der Waals surface area contributed by atoms with Gasteiger partial charge in [0.25, 0.3) is 0 Å². The van der Waals surface area contributed by atoms with Crippen LogP contribution in [-0.2, 0) is 0 Å². The largest absolute Gasteiger partial charge is 0.456 e. The van der Waals surface area contributed by atoms with Crippen LogP contribution in [0.1, 0.15) is 0 Å². The van der Waals surface area contributed by atoms with E-state index in [2.05, 4.69) is 162 Å². The summed E-state index contributed by atoms with van der Waals surface area (Å²) in [4.78, 5) is 15.7. The van der Waals surface area contributed by atoms with Crippen LogP contribution in [0.5, 0.6) is 0 Å². The number of fused-ring (bicyclic) bond motifs is 6. The van der Waals surface area contributed by atoms with Crippen molar-refractivity contribution < 1.29 is 4.42 Å². The standard InChI is InChI=1S/C51H32N4O/c1-3-13-33(14-4-1)36-15-11-16-37(31-36)34-25-27-35(28-26-34)49-52-50(38-29-30-47-43(32-38)40-19-8-10-24-46(40)56-47)54-51(53-49)42-21-12-23-45-48(42)41-20-7-9-22-44(41)55(45)39-17-5-2-6-18-39/h1-32H. The van der Waals surface area contributed by atoms with Gasteiger partial charge in [-0.2, -0.15) is 0 Å². The number of hydrogen-bond donors (Lipinski definition) is 0. The molecule has 0 amide bonds. The third-order valence-corrected chi connectivity index (χ3v) is 10.7. The molecule has 262 valence electrons. The number of rotatable bonds is 6. The van der Waals surface area contributed by atoms with E-state index >= 15 is 0 Å². The summed E-state index contributed by atoms with van der Waals surface area (Å²) in [5.41, 5.74) is 12.4. The summed E-state index contributed by atoms with van der Waals surface area (Å²) in [6, 6.07) is 67.5. The van der Waals surface area contributed by atoms with E-state index in [0.29, 0.717) is 17.5 Å². The van der Waals surface area contributed by atoms with Gasteiger partial charge in [-0.15, -0.1) is 0 Å². The molecule has 0 N–H and O–H groups in total. The molecule has 56 heavy (non-hydrogen) atoms. The quantitative estimate of drug-likeness (QED) is 0.172. The van der Waals surface area contributed by atoms with Gasteiger partial charge in [0.15, 0.2) is 17.5 Å². The number of nitrogens with zero attached hydrogens (tertiary/aromatic N) is 4. The van der Waals surface area contributed by atoms with Gasteiger partial charge in [-0.05, 0) is 76.9 Å². The van der Waals surface area contributed by atoms with Crippen molar-refractivity contribution in [1.29, 1.82) is 0 Å². The first kappa shape index (κ1) is 31.9. The summed E-state index contributed by atoms with van der Waals surface area (Å²) in [5, 5.41) is 4.32. The zero-order valence-corrected chi connectivity index (χ0v) is 30.2. The Morgan fingerprint density at radius 3 is 1.70 bits per heavy atom. The zero-order valence-electron chi connectivity index (χ0n) is 30.2. The van der Waals surface area contributed by atoms with E-state index in [1.165, 1.54) is 11.1 Å². The highest BCUT2D eigenvalue weighted by atomic mass is 16.3. The molecule has 0 aliphatic carbocycles. The molecule has 0 radical (unpaired) electrons. The molecular formula is C51H32N4O. The molecule has 0 bridgehead atoms. The van der Waals surface area contributed by atoms with E-state index in [-0.39, 0.29) is 0 Å². The van der Waals surface area contributed by atoms with E-state index in [9.17, 15) is 0 Å². The predicted octanol–water partition coefficient (Wildman–Crippen LogP) is 13.2. The SMILES string of the molecule is c1ccc(-c2cccc(-c3ccc(-c4nc(-c5ccc6oc7ccccc7c6c5)nc(-c5cccc6c5c5ccccc5n6-c5ccccc5)n4)cc3)c2)cc1. The number of para-hydroxylation sites is 3. The third kappa shape index (κ3) is 5.37. The summed E-state index contributed by atoms with van der Waals surface area (Å²) < 4.78 is 8.50. The molecule has 11 rings (SSSR count). The van der Waals surface area contributed by atoms with E-state index in [0.717, 1.165) is 77.2 Å². The van der Waals surface area contributed by atoms with E-state index < -0.39 is 0 Å². The maximum atomic E-state index is 6.18. The second kappa shape index (κ2) is 13.0. The Morgan fingerprint density at radius 1 is 0.339 bits per heavy atom. The Balaban J connectivity index is 1.10. The molecule has 5 nitrogen and oxygen atoms in total. The topological polar surface area (TPSA) is 56.7 Å². The van der Waals surface area contributed by atoms with Crippen molar-refractivity contribution in [3.8, 4) is 62.1 Å². The second-order valence-corrected chi connectivity index (χ2v) is 14.0. The van der Waals surface area contributed by atoms with Gasteiger partial charge in [0.05, 0.1) is 11.0 Å². The summed E-state index contributed by atoms with van der Waals surface area (Å²) in [6.07, 6.45) is 0. The lowest BCUT2D eigenvalue weighted by atomic mass is 9.98. The van der Waals surface area contributed by atoms with E-state index in [1.807, 2.05) is 36.4 Å². The van der Waals surface area contributed by atoms with Crippen molar-refractivity contribution in [1.82, 2.24) is 19.5 Å². The van der Waals surface area contributed by atoms with Crippen molar-refractivity contribution in [3.63, 3.8) is 0 Å². The highest BCUT2D eigenvalue weighted by molar-refractivity contribution is 6.15. The van der Waals surface area contributed by atoms with Crippen molar-refractivity contribution >= 4 is 43.7 Å². The van der Waals surface area contributed by atoms with Crippen molar-refractivity contribution in [2.75, 3.05) is 0 Å². The molecule has 8 aromatic carbocycles. The van der Waals surface area contributed by atoms with Crippen LogP contribution in [-0.4, -0.2) is 19.5 Å². The van der Waals surface area contributed by atoms with Gasteiger partial charge in [-0.3, -0.25) is 0 Å². The Hall–Kier alpha value is -7.63. The molecule has 0 unspecified atom stereocenters. The summed E-state index contributed by atoms with van der Waals surface area (Å²) in [6.45, 7) is 0. The van der Waals surface area contributed by atoms with Crippen molar-refractivity contribution in [2.24, 2.45) is 0 Å². The van der Waals surface area contributed by atoms with Gasteiger partial charge in [-0.25, -0.2) is 15.0 Å². The molecule has 0 saturated heterocycles. The number of aromatic nitrogens is 4. The summed E-state index contributed by atoms with van der Waals surface area (Å²) in [5.74, 6) is 1.82. The van der Waals surface area contributed by atoms with Crippen LogP contribution in [0.25, 0.3) is 106 Å². The molecule has 0 saturated carbocycles. The summed E-state index contributed by atoms with van der Waals surface area (Å²) in [7, 11) is 0. The minimum absolute atomic E-state index is 0.598. The fourth-order valence-electron chi connectivity index (χ4n) is 8.00. The van der Waals surface area contributed by atoms with E-state index in [1.54, 1.807) is 0 Å². The smallest absolute Gasteiger partial charge is 0.164 e. The van der Waals surface area contributed by atoms with Gasteiger partial charge in [0.2, 0.25) is 0 Å². The molecule has 0 atom stereocenters. The van der Waals surface area contributed by atoms with Crippen molar-refractivity contribution in [3.05, 3.63) is 194 Å². The Kier molecular flexibility index (Phi) is 7.42. The first-order valence-corrected chi connectivity index (χ1v) is 18.8. The van der Waals surface area contributed by atoms with Crippen LogP contribution in [0.15, 0.2) is 199 Å². The van der Waals surface area contributed by atoms with Crippen LogP contribution in [0.4, 0.5) is 0 Å². The number of furan rings is 1. The maximum absolute atomic E-state index is 6.18. The summed E-state index contributed by atoms with van der Waals surface area (Å²) >= 11 is 0. The van der Waals surface area contributed by atoms with Crippen LogP contribution >= 0.6 is 0 Å². The average Bonchev–Trinajstić information content (AvgIpc) is 3.82. The van der Waals surface area contributed by atoms with Crippen LogP contribution in [0, 0.1) is 0 Å². The van der Waals surface area contributed by atoms with Gasteiger partial charge < -0.3 is 8.98 Å². The predicted molar refractivity (Wildman–Crippen MR) is 229 cm³/mol. The molecule has 3 aromatic heterocycles. The third-order valence-electron chi connectivity index (χ3n) is 10.7. The number of benzene rings is 8. The van der Waals surface area contributed by atoms with Gasteiger partial charge >= 0.3 is 0 Å². The molecule has 0 aliphatic heterocycles. The van der Waals surface area contributed by atoms with E-state index in [4.69, 9.17) is 19.4 Å². The minimum atomic E-state index is 0.598. The first-order chi connectivity index (χ1) is 27.7. The zero-order chi connectivity index (χ0) is 37.0. The maximum Gasteiger partial charge on any atom is 0.164 e. The molecule has 0 spiro atoms. The lowest BCUT2D eigenvalue weighted by Gasteiger charge is -2.11. The monoisotopic (exact) mass is 716 g/mol. The number of hydrogen-bond acceptors (Lipinski definition) is 4.